The molecule has 2 aliphatic heterocycles. The molecule has 0 atom stereocenters. The van der Waals surface area contributed by atoms with Crippen molar-refractivity contribution < 1.29 is 23.2 Å². The van der Waals surface area contributed by atoms with E-state index in [2.05, 4.69) is 17.4 Å². The zero-order chi connectivity index (χ0) is 25.4. The highest BCUT2D eigenvalue weighted by Gasteiger charge is 2.52. The summed E-state index contributed by atoms with van der Waals surface area (Å²) < 4.78 is 31.4. The summed E-state index contributed by atoms with van der Waals surface area (Å²) >= 11 is 0. The Kier molecular flexibility index (Phi) is 4.68. The number of rotatable bonds is 3. The molecule has 0 aliphatic carbocycles. The third-order valence-corrected chi connectivity index (χ3v) is 7.57. The van der Waals surface area contributed by atoms with Crippen molar-refractivity contribution in [2.75, 3.05) is 5.32 Å². The number of para-hydroxylation sites is 3. The lowest BCUT2D eigenvalue weighted by molar-refractivity contribution is 0.00578. The SMILES string of the molecule is CC1(C)OB(c2cc3c(cc2Nc2ccc4c(c2)oc2ccccc24)Oc2ccccc2O3)OC1(C)C. The van der Waals surface area contributed by atoms with Gasteiger partial charge >= 0.3 is 7.12 Å². The molecule has 0 unspecified atom stereocenters. The molecule has 7 heteroatoms. The Labute approximate surface area is 215 Å². The molecule has 4 aromatic carbocycles. The first-order valence-electron chi connectivity index (χ1n) is 12.4. The molecule has 0 saturated carbocycles. The van der Waals surface area contributed by atoms with Gasteiger partial charge in [0.05, 0.1) is 11.2 Å². The molecule has 37 heavy (non-hydrogen) atoms. The average Bonchev–Trinajstić information content (AvgIpc) is 3.34. The van der Waals surface area contributed by atoms with Crippen LogP contribution in [-0.2, 0) is 9.31 Å². The number of anilines is 2. The fraction of sp³-hybridized carbons (Fsp3) is 0.200. The van der Waals surface area contributed by atoms with Gasteiger partial charge in [-0.2, -0.15) is 0 Å². The van der Waals surface area contributed by atoms with E-state index in [1.54, 1.807) is 0 Å². The van der Waals surface area contributed by atoms with Gasteiger partial charge in [-0.15, -0.1) is 0 Å². The Morgan fingerprint density at radius 2 is 1.24 bits per heavy atom. The molecule has 1 N–H and O–H groups in total. The van der Waals surface area contributed by atoms with E-state index in [9.17, 15) is 0 Å². The maximum Gasteiger partial charge on any atom is 0.497 e. The topological polar surface area (TPSA) is 62.1 Å². The lowest BCUT2D eigenvalue weighted by Crippen LogP contribution is -2.41. The van der Waals surface area contributed by atoms with Crippen LogP contribution < -0.4 is 20.3 Å². The normalized spacial score (nSPS) is 17.2. The van der Waals surface area contributed by atoms with E-state index in [1.165, 1.54) is 0 Å². The van der Waals surface area contributed by atoms with Crippen LogP contribution in [0.25, 0.3) is 21.9 Å². The fourth-order valence-electron chi connectivity index (χ4n) is 4.82. The lowest BCUT2D eigenvalue weighted by Gasteiger charge is -2.32. The number of benzene rings is 4. The Morgan fingerprint density at radius 3 is 1.97 bits per heavy atom. The van der Waals surface area contributed by atoms with Crippen molar-refractivity contribution in [3.63, 3.8) is 0 Å². The minimum atomic E-state index is -0.589. The van der Waals surface area contributed by atoms with Gasteiger partial charge in [0.25, 0.3) is 0 Å². The molecule has 0 bridgehead atoms. The van der Waals surface area contributed by atoms with E-state index < -0.39 is 18.3 Å². The first kappa shape index (κ1) is 22.3. The van der Waals surface area contributed by atoms with Crippen molar-refractivity contribution in [1.82, 2.24) is 0 Å². The first-order valence-corrected chi connectivity index (χ1v) is 12.4. The molecule has 6 nitrogen and oxygen atoms in total. The van der Waals surface area contributed by atoms with Gasteiger partial charge in [-0.05, 0) is 64.1 Å². The predicted octanol–water partition coefficient (Wildman–Crippen LogP) is 7.53. The third-order valence-electron chi connectivity index (χ3n) is 7.57. The zero-order valence-corrected chi connectivity index (χ0v) is 21.1. The molecule has 0 radical (unpaired) electrons. The number of hydrogen-bond acceptors (Lipinski definition) is 6. The van der Waals surface area contributed by atoms with Crippen LogP contribution in [0.4, 0.5) is 11.4 Å². The van der Waals surface area contributed by atoms with Crippen LogP contribution in [-0.4, -0.2) is 18.3 Å². The quantitative estimate of drug-likeness (QED) is 0.258. The van der Waals surface area contributed by atoms with E-state index in [0.717, 1.165) is 38.8 Å². The number of nitrogens with one attached hydrogen (secondary N) is 1. The summed E-state index contributed by atoms with van der Waals surface area (Å²) in [5.41, 5.74) is 3.21. The van der Waals surface area contributed by atoms with Gasteiger partial charge in [-0.25, -0.2) is 0 Å². The highest BCUT2D eigenvalue weighted by Crippen LogP contribution is 2.47. The molecule has 5 aromatic rings. The van der Waals surface area contributed by atoms with Crippen LogP contribution in [0.5, 0.6) is 23.0 Å². The minimum Gasteiger partial charge on any atom is -0.456 e. The van der Waals surface area contributed by atoms with Crippen molar-refractivity contribution in [3.8, 4) is 23.0 Å². The van der Waals surface area contributed by atoms with Crippen molar-refractivity contribution in [3.05, 3.63) is 78.9 Å². The minimum absolute atomic E-state index is 0.484. The van der Waals surface area contributed by atoms with E-state index >= 15 is 0 Å². The third kappa shape index (κ3) is 3.57. The maximum absolute atomic E-state index is 6.42. The van der Waals surface area contributed by atoms with Gasteiger partial charge in [0.15, 0.2) is 23.0 Å². The van der Waals surface area contributed by atoms with Gasteiger partial charge in [0.1, 0.15) is 11.2 Å². The molecular weight excluding hydrogens is 465 g/mol. The average molecular weight is 491 g/mol. The first-order chi connectivity index (χ1) is 17.8. The van der Waals surface area contributed by atoms with E-state index in [4.69, 9.17) is 23.2 Å². The summed E-state index contributed by atoms with van der Waals surface area (Å²) in [5, 5.41) is 5.73. The van der Waals surface area contributed by atoms with Gasteiger partial charge in [0.2, 0.25) is 0 Å². The molecule has 0 spiro atoms. The summed E-state index contributed by atoms with van der Waals surface area (Å²) in [5.74, 6) is 2.58. The predicted molar refractivity (Wildman–Crippen MR) is 146 cm³/mol. The number of hydrogen-bond donors (Lipinski definition) is 1. The molecular formula is C30H26BNO5. The van der Waals surface area contributed by atoms with Gasteiger partial charge in [0, 0.05) is 39.7 Å². The lowest BCUT2D eigenvalue weighted by atomic mass is 9.77. The summed E-state index contributed by atoms with van der Waals surface area (Å²) in [6.07, 6.45) is 0. The Hall–Kier alpha value is -3.94. The van der Waals surface area contributed by atoms with Crippen molar-refractivity contribution in [1.29, 1.82) is 0 Å². The monoisotopic (exact) mass is 491 g/mol. The molecule has 1 aromatic heterocycles. The summed E-state index contributed by atoms with van der Waals surface area (Å²) in [7, 11) is -0.589. The second kappa shape index (κ2) is 7.78. The second-order valence-corrected chi connectivity index (χ2v) is 10.6. The molecule has 1 fully saturated rings. The Bertz CT molecular complexity index is 1670. The van der Waals surface area contributed by atoms with Crippen molar-refractivity contribution >= 4 is 45.9 Å². The fourth-order valence-corrected chi connectivity index (χ4v) is 4.82. The Balaban J connectivity index is 1.32. The highest BCUT2D eigenvalue weighted by atomic mass is 16.7. The molecule has 2 aliphatic rings. The second-order valence-electron chi connectivity index (χ2n) is 10.6. The van der Waals surface area contributed by atoms with Crippen LogP contribution in [0.2, 0.25) is 0 Å². The van der Waals surface area contributed by atoms with Gasteiger partial charge < -0.3 is 28.5 Å². The molecule has 184 valence electrons. The van der Waals surface area contributed by atoms with Gasteiger partial charge in [-0.3, -0.25) is 0 Å². The maximum atomic E-state index is 6.42. The van der Waals surface area contributed by atoms with E-state index in [0.29, 0.717) is 23.0 Å². The van der Waals surface area contributed by atoms with Crippen molar-refractivity contribution in [2.45, 2.75) is 38.9 Å². The molecule has 3 heterocycles. The largest absolute Gasteiger partial charge is 0.497 e. The van der Waals surface area contributed by atoms with Gasteiger partial charge in [-0.1, -0.05) is 30.3 Å². The summed E-state index contributed by atoms with van der Waals surface area (Å²) in [6.45, 7) is 8.18. The molecule has 0 amide bonds. The van der Waals surface area contributed by atoms with E-state index in [-0.39, 0.29) is 0 Å². The van der Waals surface area contributed by atoms with Crippen LogP contribution in [0.1, 0.15) is 27.7 Å². The summed E-state index contributed by atoms with van der Waals surface area (Å²) in [4.78, 5) is 0. The standard InChI is InChI=1S/C30H26BNO5/c1-29(2)30(3,4)37-31(36-29)21-16-27-28(35-25-12-8-7-11-24(25)34-27)17-22(21)32-18-13-14-20-19-9-5-6-10-23(19)33-26(20)15-18/h5-17,32H,1-4H3. The number of ether oxygens (including phenoxy) is 2. The van der Waals surface area contributed by atoms with Crippen LogP contribution >= 0.6 is 0 Å². The van der Waals surface area contributed by atoms with Crippen LogP contribution in [0, 0.1) is 0 Å². The number of furan rings is 1. The highest BCUT2D eigenvalue weighted by molar-refractivity contribution is 6.64. The Morgan fingerprint density at radius 1 is 0.622 bits per heavy atom. The van der Waals surface area contributed by atoms with Crippen molar-refractivity contribution in [2.24, 2.45) is 0 Å². The van der Waals surface area contributed by atoms with E-state index in [1.807, 2.05) is 94.4 Å². The smallest absolute Gasteiger partial charge is 0.456 e. The molecule has 7 rings (SSSR count). The number of fused-ring (bicyclic) bond motifs is 5. The summed E-state index contributed by atoms with van der Waals surface area (Å²) in [6, 6.07) is 25.7. The molecule has 1 saturated heterocycles. The van der Waals surface area contributed by atoms with Crippen LogP contribution in [0.15, 0.2) is 83.3 Å². The zero-order valence-electron chi connectivity index (χ0n) is 21.1. The van der Waals surface area contributed by atoms with Crippen LogP contribution in [0.3, 0.4) is 0 Å².